The Balaban J connectivity index is 1.47. The molecule has 1 aromatic heterocycles. The van der Waals surface area contributed by atoms with Crippen LogP contribution >= 0.6 is 22.9 Å². The molecule has 3 aromatic rings. The molecule has 0 spiro atoms. The molecular formula is C24H24ClN5O2S. The van der Waals surface area contributed by atoms with Crippen molar-refractivity contribution in [2.75, 3.05) is 22.1 Å². The summed E-state index contributed by atoms with van der Waals surface area (Å²) in [5, 5.41) is 18.9. The number of anilines is 3. The minimum absolute atomic E-state index is 0.343. The minimum atomic E-state index is -0.857. The molecule has 4 N–H and O–H groups in total. The first-order valence-corrected chi connectivity index (χ1v) is 11.8. The van der Waals surface area contributed by atoms with E-state index in [9.17, 15) is 9.59 Å². The molecule has 1 saturated heterocycles. The lowest BCUT2D eigenvalue weighted by atomic mass is 10.1. The van der Waals surface area contributed by atoms with Gasteiger partial charge in [0, 0.05) is 39.9 Å². The highest BCUT2D eigenvalue weighted by atomic mass is 35.5. The quantitative estimate of drug-likeness (QED) is 0.358. The summed E-state index contributed by atoms with van der Waals surface area (Å²) in [4.78, 5) is 28.4. The summed E-state index contributed by atoms with van der Waals surface area (Å²) in [6.07, 6.45) is 1.76. The largest absolute Gasteiger partial charge is 0.330 e. The lowest BCUT2D eigenvalue weighted by molar-refractivity contribution is -0.118. The maximum Gasteiger partial charge on any atom is 0.320 e. The van der Waals surface area contributed by atoms with E-state index in [-0.39, 0.29) is 5.91 Å². The number of urea groups is 1. The number of amidine groups is 1. The van der Waals surface area contributed by atoms with Crippen molar-refractivity contribution in [3.63, 3.8) is 0 Å². The van der Waals surface area contributed by atoms with Gasteiger partial charge < -0.3 is 20.9 Å². The molecule has 0 aliphatic carbocycles. The van der Waals surface area contributed by atoms with Crippen LogP contribution in [0.4, 0.5) is 21.9 Å². The summed E-state index contributed by atoms with van der Waals surface area (Å²) in [7, 11) is 0. The number of benzene rings is 2. The number of aryl methyl sites for hydroxylation is 1. The van der Waals surface area contributed by atoms with Gasteiger partial charge in [-0.1, -0.05) is 17.7 Å². The van der Waals surface area contributed by atoms with Crippen LogP contribution in [0.3, 0.4) is 0 Å². The van der Waals surface area contributed by atoms with E-state index in [1.54, 1.807) is 24.3 Å². The number of nitrogens with zero attached hydrogens (tertiary/aromatic N) is 1. The van der Waals surface area contributed by atoms with Crippen LogP contribution in [0.5, 0.6) is 0 Å². The standard InChI is InChI=1S/C24H24ClN5O2S/c1-15-14-18(10-11-19(15)30-12-2-5-21(30)26)27-23(31)22(20-4-3-13-33-20)29-24(32)28-17-8-6-16(25)7-9-17/h3-4,6-11,13-14,22,26H,2,5,12H2,1H3,(H,27,31)(H2,28,29,32)/t22-/m1/s1. The van der Waals surface area contributed by atoms with Crippen molar-refractivity contribution < 1.29 is 9.59 Å². The summed E-state index contributed by atoms with van der Waals surface area (Å²) in [5.41, 5.74) is 3.15. The first-order chi connectivity index (χ1) is 15.9. The number of hydrogen-bond donors (Lipinski definition) is 4. The molecule has 1 aliphatic rings. The minimum Gasteiger partial charge on any atom is -0.330 e. The van der Waals surface area contributed by atoms with Crippen LogP contribution in [-0.2, 0) is 4.79 Å². The van der Waals surface area contributed by atoms with Crippen LogP contribution in [0, 0.1) is 12.3 Å². The number of rotatable bonds is 6. The average Bonchev–Trinajstić information content (AvgIpc) is 3.46. The van der Waals surface area contributed by atoms with Crippen LogP contribution in [0.25, 0.3) is 0 Å². The molecule has 33 heavy (non-hydrogen) atoms. The van der Waals surface area contributed by atoms with E-state index >= 15 is 0 Å². The van der Waals surface area contributed by atoms with Crippen LogP contribution in [0.15, 0.2) is 60.0 Å². The van der Waals surface area contributed by atoms with E-state index in [4.69, 9.17) is 17.0 Å². The number of nitrogens with one attached hydrogen (secondary N) is 4. The Bertz CT molecular complexity index is 1160. The van der Waals surface area contributed by atoms with Gasteiger partial charge in [0.05, 0.1) is 0 Å². The van der Waals surface area contributed by atoms with Gasteiger partial charge in [-0.15, -0.1) is 11.3 Å². The molecule has 0 unspecified atom stereocenters. The van der Waals surface area contributed by atoms with Gasteiger partial charge in [0.15, 0.2) is 0 Å². The van der Waals surface area contributed by atoms with Crippen molar-refractivity contribution >= 4 is 57.8 Å². The van der Waals surface area contributed by atoms with Gasteiger partial charge in [-0.25, -0.2) is 4.79 Å². The predicted molar refractivity (Wildman–Crippen MR) is 135 cm³/mol. The highest BCUT2D eigenvalue weighted by Crippen LogP contribution is 2.28. The Labute approximate surface area is 201 Å². The fourth-order valence-corrected chi connectivity index (χ4v) is 4.64. The molecule has 1 atom stereocenters. The van der Waals surface area contributed by atoms with Crippen LogP contribution in [0.2, 0.25) is 5.02 Å². The normalized spacial score (nSPS) is 14.1. The van der Waals surface area contributed by atoms with Crippen LogP contribution in [-0.4, -0.2) is 24.3 Å². The number of thiophene rings is 1. The summed E-state index contributed by atoms with van der Waals surface area (Å²) in [6, 6.07) is 14.7. The summed E-state index contributed by atoms with van der Waals surface area (Å²) in [5.74, 6) is 0.272. The van der Waals surface area contributed by atoms with Gasteiger partial charge in [0.25, 0.3) is 5.91 Å². The summed E-state index contributed by atoms with van der Waals surface area (Å²) < 4.78 is 0. The molecule has 0 saturated carbocycles. The van der Waals surface area contributed by atoms with E-state index in [2.05, 4.69) is 16.0 Å². The van der Waals surface area contributed by atoms with Crippen molar-refractivity contribution in [2.24, 2.45) is 0 Å². The number of amides is 3. The van der Waals surface area contributed by atoms with Gasteiger partial charge in [-0.05, 0) is 72.8 Å². The van der Waals surface area contributed by atoms with E-state index in [0.717, 1.165) is 35.5 Å². The number of carbonyl (C=O) groups excluding carboxylic acids is 2. The fourth-order valence-electron chi connectivity index (χ4n) is 3.74. The molecule has 9 heteroatoms. The number of halogens is 1. The lowest BCUT2D eigenvalue weighted by Gasteiger charge is -2.22. The SMILES string of the molecule is Cc1cc(NC(=O)[C@H](NC(=O)Nc2ccc(Cl)cc2)c2cccs2)ccc1N1CCCC1=N. The average molecular weight is 482 g/mol. The monoisotopic (exact) mass is 481 g/mol. The molecule has 170 valence electrons. The van der Waals surface area contributed by atoms with Gasteiger partial charge in [-0.3, -0.25) is 10.2 Å². The first-order valence-electron chi connectivity index (χ1n) is 10.5. The van der Waals surface area contributed by atoms with E-state index < -0.39 is 12.1 Å². The zero-order chi connectivity index (χ0) is 23.4. The molecule has 1 fully saturated rings. The Morgan fingerprint density at radius 1 is 1.09 bits per heavy atom. The third-order valence-electron chi connectivity index (χ3n) is 5.34. The summed E-state index contributed by atoms with van der Waals surface area (Å²) in [6.45, 7) is 2.80. The second kappa shape index (κ2) is 10.1. The molecule has 1 aliphatic heterocycles. The molecule has 4 rings (SSSR count). The third-order valence-corrected chi connectivity index (χ3v) is 6.53. The zero-order valence-corrected chi connectivity index (χ0v) is 19.6. The molecule has 7 nitrogen and oxygen atoms in total. The van der Waals surface area contributed by atoms with E-state index in [1.165, 1.54) is 11.3 Å². The second-order valence-electron chi connectivity index (χ2n) is 7.75. The Kier molecular flexibility index (Phi) is 6.96. The highest BCUT2D eigenvalue weighted by molar-refractivity contribution is 7.10. The lowest BCUT2D eigenvalue weighted by Crippen LogP contribution is -2.39. The van der Waals surface area contributed by atoms with Gasteiger partial charge in [0.1, 0.15) is 11.9 Å². The molecule has 0 radical (unpaired) electrons. The molecule has 0 bridgehead atoms. The Morgan fingerprint density at radius 2 is 1.85 bits per heavy atom. The van der Waals surface area contributed by atoms with Crippen molar-refractivity contribution in [2.45, 2.75) is 25.8 Å². The van der Waals surface area contributed by atoms with Gasteiger partial charge in [0.2, 0.25) is 0 Å². The molecule has 3 amide bonds. The van der Waals surface area contributed by atoms with Crippen LogP contribution in [0.1, 0.15) is 29.3 Å². The van der Waals surface area contributed by atoms with Crippen molar-refractivity contribution in [3.8, 4) is 0 Å². The Morgan fingerprint density at radius 3 is 2.48 bits per heavy atom. The van der Waals surface area contributed by atoms with Crippen molar-refractivity contribution in [3.05, 3.63) is 75.4 Å². The topological polar surface area (TPSA) is 97.3 Å². The molecular weight excluding hydrogens is 458 g/mol. The number of hydrogen-bond acceptors (Lipinski definition) is 4. The zero-order valence-electron chi connectivity index (χ0n) is 18.0. The maximum absolute atomic E-state index is 13.1. The van der Waals surface area contributed by atoms with Crippen molar-refractivity contribution in [1.29, 1.82) is 5.41 Å². The molecule has 2 aromatic carbocycles. The first kappa shape index (κ1) is 22.8. The molecule has 2 heterocycles. The third kappa shape index (κ3) is 5.53. The van der Waals surface area contributed by atoms with Gasteiger partial charge >= 0.3 is 6.03 Å². The second-order valence-corrected chi connectivity index (χ2v) is 9.16. The predicted octanol–water partition coefficient (Wildman–Crippen LogP) is 5.79. The smallest absolute Gasteiger partial charge is 0.320 e. The van der Waals surface area contributed by atoms with Crippen LogP contribution < -0.4 is 20.9 Å². The van der Waals surface area contributed by atoms with Gasteiger partial charge in [-0.2, -0.15) is 0 Å². The van der Waals surface area contributed by atoms with E-state index in [0.29, 0.717) is 22.2 Å². The number of carbonyl (C=O) groups is 2. The van der Waals surface area contributed by atoms with E-state index in [1.807, 2.05) is 47.5 Å². The van der Waals surface area contributed by atoms with Crippen molar-refractivity contribution in [1.82, 2.24) is 5.32 Å². The highest BCUT2D eigenvalue weighted by Gasteiger charge is 2.25. The summed E-state index contributed by atoms with van der Waals surface area (Å²) >= 11 is 7.28. The Hall–Kier alpha value is -3.36. The maximum atomic E-state index is 13.1. The fraction of sp³-hybridized carbons (Fsp3) is 0.208.